The highest BCUT2D eigenvalue weighted by Gasteiger charge is 2.13. The number of hydrogen-bond donors (Lipinski definition) is 4. The first-order chi connectivity index (χ1) is 8.09. The topological polar surface area (TPSA) is 98.7 Å². The normalized spacial score (nSPS) is 11.6. The number of urea groups is 1. The summed E-state index contributed by atoms with van der Waals surface area (Å²) in [6.07, 6.45) is -1.59. The molecule has 6 nitrogen and oxygen atoms in total. The summed E-state index contributed by atoms with van der Waals surface area (Å²) in [5.41, 5.74) is 0.932. The number of nitrogens with one attached hydrogen (secondary N) is 2. The molecule has 6 heteroatoms. The molecule has 92 valence electrons. The fourth-order valence-electron chi connectivity index (χ4n) is 1.12. The summed E-state index contributed by atoms with van der Waals surface area (Å²) in [4.78, 5) is 21.5. The average molecular weight is 238 g/mol. The van der Waals surface area contributed by atoms with Crippen LogP contribution in [0, 0.1) is 0 Å². The molecule has 0 aromatic heterocycles. The van der Waals surface area contributed by atoms with Gasteiger partial charge in [-0.05, 0) is 5.56 Å². The van der Waals surface area contributed by atoms with Crippen LogP contribution in [0.5, 0.6) is 0 Å². The molecule has 0 aliphatic rings. The van der Waals surface area contributed by atoms with Crippen LogP contribution in [-0.4, -0.2) is 34.9 Å². The molecule has 0 radical (unpaired) electrons. The summed E-state index contributed by atoms with van der Waals surface area (Å²) in [7, 11) is 0. The van der Waals surface area contributed by atoms with Gasteiger partial charge in [-0.2, -0.15) is 0 Å². The Bertz CT molecular complexity index is 380. The van der Waals surface area contributed by atoms with Gasteiger partial charge in [-0.3, -0.25) is 0 Å². The van der Waals surface area contributed by atoms with Crippen LogP contribution in [-0.2, 0) is 11.3 Å². The standard InChI is InChI=1S/C11H14N2O4/c14-9(10(15)16)7-13-11(17)12-6-8-4-2-1-3-5-8/h1-5,9,14H,6-7H2,(H,15,16)(H2,12,13,17). The van der Waals surface area contributed by atoms with E-state index in [1.807, 2.05) is 30.3 Å². The second-order valence-electron chi connectivity index (χ2n) is 3.40. The molecule has 1 atom stereocenters. The summed E-state index contributed by atoms with van der Waals surface area (Å²) < 4.78 is 0. The second kappa shape index (κ2) is 6.49. The van der Waals surface area contributed by atoms with E-state index in [4.69, 9.17) is 10.2 Å². The van der Waals surface area contributed by atoms with Gasteiger partial charge in [0.1, 0.15) is 0 Å². The van der Waals surface area contributed by atoms with Crippen LogP contribution in [0.4, 0.5) is 4.79 Å². The summed E-state index contributed by atoms with van der Waals surface area (Å²) in [5, 5.41) is 22.1. The van der Waals surface area contributed by atoms with Crippen molar-refractivity contribution in [1.82, 2.24) is 10.6 Å². The van der Waals surface area contributed by atoms with Crippen molar-refractivity contribution in [3.8, 4) is 0 Å². The zero-order valence-corrected chi connectivity index (χ0v) is 9.09. The number of aliphatic carboxylic acids is 1. The zero-order valence-electron chi connectivity index (χ0n) is 9.09. The summed E-state index contributed by atoms with van der Waals surface area (Å²) in [6, 6.07) is 8.76. The largest absolute Gasteiger partial charge is 0.479 e. The van der Waals surface area contributed by atoms with Crippen LogP contribution in [0.3, 0.4) is 0 Å². The third-order valence-electron chi connectivity index (χ3n) is 2.04. The fourth-order valence-corrected chi connectivity index (χ4v) is 1.12. The minimum absolute atomic E-state index is 0.323. The number of aliphatic hydroxyl groups excluding tert-OH is 1. The smallest absolute Gasteiger partial charge is 0.334 e. The van der Waals surface area contributed by atoms with E-state index >= 15 is 0 Å². The fraction of sp³-hybridized carbons (Fsp3) is 0.273. The average Bonchev–Trinajstić information content (AvgIpc) is 2.34. The highest BCUT2D eigenvalue weighted by atomic mass is 16.4. The molecular formula is C11H14N2O4. The number of aliphatic hydroxyl groups is 1. The number of carboxylic acids is 1. The Morgan fingerprint density at radius 2 is 1.82 bits per heavy atom. The molecule has 4 N–H and O–H groups in total. The van der Waals surface area contributed by atoms with Gasteiger partial charge in [0.2, 0.25) is 0 Å². The predicted octanol–water partition coefficient (Wildman–Crippen LogP) is -0.0687. The van der Waals surface area contributed by atoms with E-state index in [9.17, 15) is 9.59 Å². The molecule has 0 spiro atoms. The van der Waals surface area contributed by atoms with E-state index in [0.29, 0.717) is 6.54 Å². The Morgan fingerprint density at radius 1 is 1.18 bits per heavy atom. The Labute approximate surface area is 98.3 Å². The second-order valence-corrected chi connectivity index (χ2v) is 3.40. The van der Waals surface area contributed by atoms with Crippen molar-refractivity contribution in [2.45, 2.75) is 12.6 Å². The molecule has 1 rings (SSSR count). The van der Waals surface area contributed by atoms with Gasteiger partial charge in [0.15, 0.2) is 6.10 Å². The molecule has 0 saturated heterocycles. The number of benzene rings is 1. The van der Waals surface area contributed by atoms with Crippen LogP contribution < -0.4 is 10.6 Å². The van der Waals surface area contributed by atoms with Crippen LogP contribution in [0.15, 0.2) is 30.3 Å². The Morgan fingerprint density at radius 3 is 2.41 bits per heavy atom. The van der Waals surface area contributed by atoms with E-state index in [0.717, 1.165) is 5.56 Å². The molecule has 0 saturated carbocycles. The highest BCUT2D eigenvalue weighted by Crippen LogP contribution is 1.96. The minimum atomic E-state index is -1.59. The lowest BCUT2D eigenvalue weighted by atomic mass is 10.2. The van der Waals surface area contributed by atoms with Gasteiger partial charge in [0.25, 0.3) is 0 Å². The zero-order chi connectivity index (χ0) is 12.7. The van der Waals surface area contributed by atoms with Crippen LogP contribution in [0.25, 0.3) is 0 Å². The molecule has 1 aromatic carbocycles. The van der Waals surface area contributed by atoms with Crippen molar-refractivity contribution in [2.75, 3.05) is 6.54 Å². The maximum atomic E-state index is 11.2. The summed E-state index contributed by atoms with van der Waals surface area (Å²) >= 11 is 0. The van der Waals surface area contributed by atoms with Gasteiger partial charge in [-0.25, -0.2) is 9.59 Å². The lowest BCUT2D eigenvalue weighted by Crippen LogP contribution is -2.41. The quantitative estimate of drug-likeness (QED) is 0.577. The maximum absolute atomic E-state index is 11.2. The summed E-state index contributed by atoms with van der Waals surface area (Å²) in [5.74, 6) is -1.37. The minimum Gasteiger partial charge on any atom is -0.479 e. The molecule has 0 fully saturated rings. The number of amides is 2. The third-order valence-corrected chi connectivity index (χ3v) is 2.04. The lowest BCUT2D eigenvalue weighted by molar-refractivity contribution is -0.146. The Balaban J connectivity index is 2.24. The molecule has 17 heavy (non-hydrogen) atoms. The SMILES string of the molecule is O=C(NCc1ccccc1)NCC(O)C(=O)O. The van der Waals surface area contributed by atoms with Gasteiger partial charge < -0.3 is 20.8 Å². The van der Waals surface area contributed by atoms with Crippen molar-refractivity contribution < 1.29 is 19.8 Å². The predicted molar refractivity (Wildman–Crippen MR) is 60.3 cm³/mol. The maximum Gasteiger partial charge on any atom is 0.334 e. The number of hydrogen-bond acceptors (Lipinski definition) is 3. The molecule has 0 aliphatic heterocycles. The van der Waals surface area contributed by atoms with E-state index in [-0.39, 0.29) is 6.54 Å². The Kier molecular flexibility index (Phi) is 4.96. The van der Waals surface area contributed by atoms with Gasteiger partial charge in [0.05, 0.1) is 6.54 Å². The lowest BCUT2D eigenvalue weighted by Gasteiger charge is -2.09. The van der Waals surface area contributed by atoms with Gasteiger partial charge >= 0.3 is 12.0 Å². The van der Waals surface area contributed by atoms with Gasteiger partial charge in [0, 0.05) is 6.54 Å². The molecular weight excluding hydrogens is 224 g/mol. The first kappa shape index (κ1) is 13.0. The molecule has 0 bridgehead atoms. The summed E-state index contributed by atoms with van der Waals surface area (Å²) in [6.45, 7) is 0.0196. The molecule has 0 aliphatic carbocycles. The van der Waals surface area contributed by atoms with E-state index in [1.54, 1.807) is 0 Å². The van der Waals surface area contributed by atoms with E-state index in [2.05, 4.69) is 10.6 Å². The monoisotopic (exact) mass is 238 g/mol. The number of carboxylic acid groups (broad SMARTS) is 1. The Hall–Kier alpha value is -2.08. The number of carbonyl (C=O) groups is 2. The van der Waals surface area contributed by atoms with Crippen molar-refractivity contribution in [1.29, 1.82) is 0 Å². The number of rotatable bonds is 5. The van der Waals surface area contributed by atoms with Crippen molar-refractivity contribution in [2.24, 2.45) is 0 Å². The molecule has 1 unspecified atom stereocenters. The van der Waals surface area contributed by atoms with Gasteiger partial charge in [-0.15, -0.1) is 0 Å². The van der Waals surface area contributed by atoms with E-state index < -0.39 is 18.1 Å². The van der Waals surface area contributed by atoms with Crippen LogP contribution >= 0.6 is 0 Å². The molecule has 1 aromatic rings. The third kappa shape index (κ3) is 4.98. The van der Waals surface area contributed by atoms with Gasteiger partial charge in [-0.1, -0.05) is 30.3 Å². The highest BCUT2D eigenvalue weighted by molar-refractivity contribution is 5.76. The number of carbonyl (C=O) groups excluding carboxylic acids is 1. The van der Waals surface area contributed by atoms with Crippen molar-refractivity contribution in [3.05, 3.63) is 35.9 Å². The molecule has 2 amide bonds. The van der Waals surface area contributed by atoms with Crippen LogP contribution in [0.2, 0.25) is 0 Å². The first-order valence-corrected chi connectivity index (χ1v) is 5.06. The first-order valence-electron chi connectivity index (χ1n) is 5.06. The molecule has 0 heterocycles. The van der Waals surface area contributed by atoms with Crippen molar-refractivity contribution >= 4 is 12.0 Å². The van der Waals surface area contributed by atoms with Crippen LogP contribution in [0.1, 0.15) is 5.56 Å². The van der Waals surface area contributed by atoms with Crippen molar-refractivity contribution in [3.63, 3.8) is 0 Å². The van der Waals surface area contributed by atoms with E-state index in [1.165, 1.54) is 0 Å².